The molecule has 0 nitrogen and oxygen atoms in total. The Kier molecular flexibility index (Phi) is 6.89. The molecule has 0 heterocycles. The number of hydrogen-bond donors (Lipinski definition) is 0. The maximum absolute atomic E-state index is 2.50. The van der Waals surface area contributed by atoms with Gasteiger partial charge in [-0.3, -0.25) is 0 Å². The summed E-state index contributed by atoms with van der Waals surface area (Å²) in [5.41, 5.74) is 18.8. The molecule has 0 atom stereocenters. The van der Waals surface area contributed by atoms with Gasteiger partial charge in [-0.2, -0.15) is 0 Å². The van der Waals surface area contributed by atoms with Crippen LogP contribution < -0.4 is 0 Å². The number of fused-ring (bicyclic) bond motifs is 11. The van der Waals surface area contributed by atoms with E-state index < -0.39 is 0 Å². The fraction of sp³-hybridized carbons (Fsp3) is 0.123. The van der Waals surface area contributed by atoms with Crippen molar-refractivity contribution in [3.63, 3.8) is 0 Å². The van der Waals surface area contributed by atoms with Gasteiger partial charge in [0.1, 0.15) is 0 Å². The monoisotopic (exact) mass is 726 g/mol. The molecule has 0 heteroatoms. The lowest BCUT2D eigenvalue weighted by molar-refractivity contribution is 0.650. The molecular formula is C57H42. The van der Waals surface area contributed by atoms with Crippen LogP contribution in [-0.4, -0.2) is 0 Å². The maximum atomic E-state index is 2.50. The zero-order valence-corrected chi connectivity index (χ0v) is 32.9. The molecule has 0 amide bonds. The first-order valence-corrected chi connectivity index (χ1v) is 20.7. The van der Waals surface area contributed by atoms with Crippen molar-refractivity contribution in [2.75, 3.05) is 0 Å². The van der Waals surface area contributed by atoms with Gasteiger partial charge in [-0.25, -0.2) is 0 Å². The Balaban J connectivity index is 1.03. The van der Waals surface area contributed by atoms with Gasteiger partial charge in [0.25, 0.3) is 0 Å². The molecule has 270 valence electrons. The van der Waals surface area contributed by atoms with Crippen LogP contribution in [0.15, 0.2) is 158 Å². The fourth-order valence-corrected chi connectivity index (χ4v) is 10.6. The zero-order chi connectivity index (χ0) is 38.1. The van der Waals surface area contributed by atoms with E-state index >= 15 is 0 Å². The number of hydrogen-bond acceptors (Lipinski definition) is 0. The summed E-state index contributed by atoms with van der Waals surface area (Å²) < 4.78 is 0. The van der Waals surface area contributed by atoms with Gasteiger partial charge in [0.15, 0.2) is 0 Å². The second kappa shape index (κ2) is 12.0. The molecule has 0 N–H and O–H groups in total. The molecule has 2 aliphatic carbocycles. The molecule has 57 heavy (non-hydrogen) atoms. The summed E-state index contributed by atoms with van der Waals surface area (Å²) in [6.07, 6.45) is 1.04. The topological polar surface area (TPSA) is 0 Å². The van der Waals surface area contributed by atoms with Crippen LogP contribution in [-0.2, 0) is 6.42 Å². The average Bonchev–Trinajstić information content (AvgIpc) is 3.72. The minimum atomic E-state index is 0.388. The molecule has 0 unspecified atom stereocenters. The normalized spacial score (nSPS) is 12.6. The van der Waals surface area contributed by atoms with Gasteiger partial charge in [0.05, 0.1) is 0 Å². The molecular weight excluding hydrogens is 685 g/mol. The van der Waals surface area contributed by atoms with E-state index in [2.05, 4.69) is 185 Å². The number of rotatable bonds is 5. The van der Waals surface area contributed by atoms with E-state index in [4.69, 9.17) is 0 Å². The van der Waals surface area contributed by atoms with Gasteiger partial charge in [0, 0.05) is 0 Å². The minimum Gasteiger partial charge on any atom is -0.0625 e. The van der Waals surface area contributed by atoms with Gasteiger partial charge in [-0.15, -0.1) is 0 Å². The molecule has 10 aromatic rings. The van der Waals surface area contributed by atoms with Crippen molar-refractivity contribution in [3.05, 3.63) is 169 Å². The highest BCUT2D eigenvalue weighted by Gasteiger charge is 2.26. The van der Waals surface area contributed by atoms with Crippen molar-refractivity contribution in [2.24, 2.45) is 5.92 Å². The van der Waals surface area contributed by atoms with Crippen LogP contribution in [0.3, 0.4) is 0 Å². The van der Waals surface area contributed by atoms with Crippen molar-refractivity contribution < 1.29 is 0 Å². The lowest BCUT2D eigenvalue weighted by atomic mass is 9.84. The first-order chi connectivity index (χ1) is 27.9. The highest BCUT2D eigenvalue weighted by atomic mass is 14.3. The molecule has 10 aromatic carbocycles. The second-order valence-corrected chi connectivity index (χ2v) is 17.3. The van der Waals surface area contributed by atoms with Crippen molar-refractivity contribution in [2.45, 2.75) is 40.0 Å². The van der Waals surface area contributed by atoms with E-state index in [1.807, 2.05) is 0 Å². The van der Waals surface area contributed by atoms with Crippen molar-refractivity contribution in [1.29, 1.82) is 0 Å². The molecule has 0 bridgehead atoms. The Morgan fingerprint density at radius 1 is 0.333 bits per heavy atom. The first kappa shape index (κ1) is 32.7. The van der Waals surface area contributed by atoms with E-state index in [0.29, 0.717) is 11.8 Å². The molecule has 0 aromatic heterocycles. The second-order valence-electron chi connectivity index (χ2n) is 17.3. The third-order valence-corrected chi connectivity index (χ3v) is 13.0. The summed E-state index contributed by atoms with van der Waals surface area (Å²) in [6, 6.07) is 60.5. The first-order valence-electron chi connectivity index (χ1n) is 20.7. The largest absolute Gasteiger partial charge is 0.0625 e. The fourth-order valence-electron chi connectivity index (χ4n) is 10.6. The molecule has 0 aliphatic heterocycles. The Morgan fingerprint density at radius 3 is 1.37 bits per heavy atom. The lowest BCUT2D eigenvalue weighted by Gasteiger charge is -2.20. The minimum absolute atomic E-state index is 0.388. The molecule has 0 fully saturated rings. The van der Waals surface area contributed by atoms with Crippen molar-refractivity contribution in [1.82, 2.24) is 0 Å². The van der Waals surface area contributed by atoms with E-state index in [-0.39, 0.29) is 0 Å². The van der Waals surface area contributed by atoms with E-state index in [1.54, 1.807) is 0 Å². The van der Waals surface area contributed by atoms with Gasteiger partial charge >= 0.3 is 0 Å². The summed E-state index contributed by atoms with van der Waals surface area (Å²) in [6.45, 7) is 9.42. The Labute approximate surface area is 334 Å². The standard InChI is InChI=1S/C57H42/c1-32(2)23-40-24-38(34-19-21-44-51(27-34)48-17-9-15-46-42-13-7-5-11-36(42)29-53(44)56(46)48)25-41-26-39(31-50(33(3)4)55(40)41)35-20-22-45-52(28-35)49-18-10-16-47-43-14-8-6-12-37(43)30-54(45)57(47)49/h5-22,24-33H,23H2,1-4H3. The molecule has 0 saturated heterocycles. The molecule has 2 aliphatic rings. The zero-order valence-electron chi connectivity index (χ0n) is 32.9. The predicted molar refractivity (Wildman–Crippen MR) is 246 cm³/mol. The summed E-state index contributed by atoms with van der Waals surface area (Å²) >= 11 is 0. The van der Waals surface area contributed by atoms with E-state index in [9.17, 15) is 0 Å². The Morgan fingerprint density at radius 2 is 0.842 bits per heavy atom. The van der Waals surface area contributed by atoms with Crippen LogP contribution in [0.5, 0.6) is 0 Å². The Hall–Kier alpha value is -6.50. The predicted octanol–water partition coefficient (Wildman–Crippen LogP) is 16.4. The van der Waals surface area contributed by atoms with Gasteiger partial charge in [-0.05, 0) is 186 Å². The quantitative estimate of drug-likeness (QED) is 0.155. The van der Waals surface area contributed by atoms with Crippen LogP contribution >= 0.6 is 0 Å². The average molecular weight is 727 g/mol. The van der Waals surface area contributed by atoms with E-state index in [0.717, 1.165) is 6.42 Å². The molecule has 0 spiro atoms. The van der Waals surface area contributed by atoms with Crippen LogP contribution in [0.1, 0.15) is 44.7 Å². The summed E-state index contributed by atoms with van der Waals surface area (Å²) in [5, 5.41) is 13.5. The van der Waals surface area contributed by atoms with Crippen LogP contribution in [0.2, 0.25) is 0 Å². The van der Waals surface area contributed by atoms with Crippen molar-refractivity contribution >= 4 is 53.9 Å². The molecule has 0 saturated carbocycles. The highest BCUT2D eigenvalue weighted by molar-refractivity contribution is 6.25. The lowest BCUT2D eigenvalue weighted by Crippen LogP contribution is -2.01. The molecule has 12 rings (SSSR count). The maximum Gasteiger partial charge on any atom is -0.00199 e. The third kappa shape index (κ3) is 4.74. The third-order valence-electron chi connectivity index (χ3n) is 13.0. The van der Waals surface area contributed by atoms with Crippen LogP contribution in [0.25, 0.3) is 121 Å². The number of benzene rings is 10. The molecule has 0 radical (unpaired) electrons. The summed E-state index contributed by atoms with van der Waals surface area (Å²) in [4.78, 5) is 0. The van der Waals surface area contributed by atoms with Gasteiger partial charge in [0.2, 0.25) is 0 Å². The van der Waals surface area contributed by atoms with Crippen molar-refractivity contribution in [3.8, 4) is 66.8 Å². The SMILES string of the molecule is CC(C)Cc1cc(-c2ccc3c(c2)-c2cccc4c2c-3cc2ccccc24)cc2cc(-c3ccc4c(c3)-c3cccc5c3c-4cc3ccccc35)cc(C(C)C)c12. The summed E-state index contributed by atoms with van der Waals surface area (Å²) in [7, 11) is 0. The Bertz CT molecular complexity index is 3370. The van der Waals surface area contributed by atoms with Gasteiger partial charge in [-0.1, -0.05) is 149 Å². The van der Waals surface area contributed by atoms with Crippen LogP contribution in [0, 0.1) is 5.92 Å². The smallest absolute Gasteiger partial charge is 0.00199 e. The summed E-state index contributed by atoms with van der Waals surface area (Å²) in [5.74, 6) is 0.931. The van der Waals surface area contributed by atoms with Gasteiger partial charge < -0.3 is 0 Å². The van der Waals surface area contributed by atoms with Crippen LogP contribution in [0.4, 0.5) is 0 Å². The highest BCUT2D eigenvalue weighted by Crippen LogP contribution is 2.52. The van der Waals surface area contributed by atoms with E-state index in [1.165, 1.54) is 132 Å².